The van der Waals surface area contributed by atoms with Crippen molar-refractivity contribution in [2.24, 2.45) is 4.99 Å². The van der Waals surface area contributed by atoms with Gasteiger partial charge in [0.2, 0.25) is 10.0 Å². The van der Waals surface area contributed by atoms with Crippen LogP contribution in [-0.2, 0) is 16.2 Å². The van der Waals surface area contributed by atoms with E-state index in [1.165, 1.54) is 29.8 Å². The lowest BCUT2D eigenvalue weighted by Gasteiger charge is -2.17. The molecule has 0 fully saturated rings. The first-order chi connectivity index (χ1) is 12.9. The second-order valence-corrected chi connectivity index (χ2v) is 8.46. The molecule has 0 aliphatic heterocycles. The van der Waals surface area contributed by atoms with Gasteiger partial charge in [0.15, 0.2) is 0 Å². The first-order valence-corrected chi connectivity index (χ1v) is 10.6. The summed E-state index contributed by atoms with van der Waals surface area (Å²) in [6.45, 7) is 1.63. The Hall–Kier alpha value is -1.81. The third-order valence-electron chi connectivity index (χ3n) is 3.76. The Morgan fingerprint density at radius 1 is 1.21 bits per heavy atom. The van der Waals surface area contributed by atoms with E-state index in [2.05, 4.69) is 21.9 Å². The Kier molecular flexibility index (Phi) is 6.97. The van der Waals surface area contributed by atoms with Crippen LogP contribution in [-0.4, -0.2) is 26.3 Å². The highest BCUT2D eigenvalue weighted by Gasteiger charge is 2.35. The molecule has 28 heavy (non-hydrogen) atoms. The minimum atomic E-state index is -4.65. The molecule has 0 aliphatic rings. The van der Waals surface area contributed by atoms with Crippen molar-refractivity contribution in [1.82, 2.24) is 4.72 Å². The zero-order valence-electron chi connectivity index (χ0n) is 14.8. The van der Waals surface area contributed by atoms with Gasteiger partial charge in [-0.1, -0.05) is 48.1 Å². The standard InChI is InChI=1S/C18H16ClF3N2O2S2/c1-11(24-28(2,25)26)12-3-5-13(6-4-12)17-15(18(20,21)22)9-14(10-16(17)19)23-7-8-27/h3-11,24H,1-2H3/t11-/m0/s1. The second-order valence-electron chi connectivity index (χ2n) is 6.00. The fourth-order valence-electron chi connectivity index (χ4n) is 2.63. The molecule has 2 rings (SSSR count). The van der Waals surface area contributed by atoms with E-state index < -0.39 is 27.8 Å². The number of benzene rings is 2. The lowest BCUT2D eigenvalue weighted by atomic mass is 9.96. The van der Waals surface area contributed by atoms with Crippen LogP contribution in [0, 0.1) is 0 Å². The monoisotopic (exact) mass is 448 g/mol. The van der Waals surface area contributed by atoms with Crippen molar-refractivity contribution in [3.8, 4) is 11.1 Å². The Morgan fingerprint density at radius 2 is 1.82 bits per heavy atom. The lowest BCUT2D eigenvalue weighted by Crippen LogP contribution is -2.25. The van der Waals surface area contributed by atoms with Crippen LogP contribution in [0.25, 0.3) is 11.1 Å². The van der Waals surface area contributed by atoms with Gasteiger partial charge in [0.1, 0.15) is 0 Å². The van der Waals surface area contributed by atoms with Crippen molar-refractivity contribution in [3.63, 3.8) is 0 Å². The van der Waals surface area contributed by atoms with Gasteiger partial charge in [-0.05, 0) is 30.2 Å². The lowest BCUT2D eigenvalue weighted by molar-refractivity contribution is -0.137. The first-order valence-electron chi connectivity index (χ1n) is 7.88. The van der Waals surface area contributed by atoms with Crippen molar-refractivity contribution in [2.45, 2.75) is 19.1 Å². The molecule has 150 valence electrons. The van der Waals surface area contributed by atoms with Crippen LogP contribution in [0.2, 0.25) is 5.02 Å². The largest absolute Gasteiger partial charge is 0.417 e. The van der Waals surface area contributed by atoms with E-state index in [1.54, 1.807) is 19.1 Å². The molecule has 0 bridgehead atoms. The Labute approximate surface area is 171 Å². The Bertz CT molecular complexity index is 1000. The van der Waals surface area contributed by atoms with Crippen molar-refractivity contribution in [1.29, 1.82) is 0 Å². The third-order valence-corrected chi connectivity index (χ3v) is 4.96. The van der Waals surface area contributed by atoms with Crippen molar-refractivity contribution in [2.75, 3.05) is 6.26 Å². The molecule has 2 aromatic carbocycles. The van der Waals surface area contributed by atoms with E-state index in [9.17, 15) is 21.6 Å². The molecule has 0 saturated carbocycles. The van der Waals surface area contributed by atoms with E-state index in [4.69, 9.17) is 11.6 Å². The van der Waals surface area contributed by atoms with Crippen LogP contribution in [0.1, 0.15) is 24.1 Å². The number of nitrogens with zero attached hydrogens (tertiary/aromatic N) is 1. The topological polar surface area (TPSA) is 58.5 Å². The normalized spacial score (nSPS) is 13.6. The number of alkyl halides is 3. The Morgan fingerprint density at radius 3 is 2.32 bits per heavy atom. The molecule has 0 radical (unpaired) electrons. The summed E-state index contributed by atoms with van der Waals surface area (Å²) in [5, 5.41) is 1.07. The zero-order valence-corrected chi connectivity index (χ0v) is 17.2. The maximum Gasteiger partial charge on any atom is 0.417 e. The van der Waals surface area contributed by atoms with Crippen molar-refractivity contribution < 1.29 is 21.6 Å². The van der Waals surface area contributed by atoms with Gasteiger partial charge in [-0.25, -0.2) is 13.1 Å². The molecule has 0 saturated heterocycles. The Balaban J connectivity index is 2.52. The van der Waals surface area contributed by atoms with Gasteiger partial charge in [-0.2, -0.15) is 13.2 Å². The summed E-state index contributed by atoms with van der Waals surface area (Å²) in [5.41, 5.74) is -0.221. The van der Waals surface area contributed by atoms with Crippen LogP contribution >= 0.6 is 23.8 Å². The smallest absolute Gasteiger partial charge is 0.256 e. The summed E-state index contributed by atoms with van der Waals surface area (Å²) in [6.07, 6.45) is -2.42. The molecule has 0 heterocycles. The summed E-state index contributed by atoms with van der Waals surface area (Å²) < 4.78 is 65.9. The van der Waals surface area contributed by atoms with Crippen molar-refractivity contribution >= 4 is 51.1 Å². The average molecular weight is 449 g/mol. The van der Waals surface area contributed by atoms with Crippen LogP contribution in [0.15, 0.2) is 41.4 Å². The number of halogens is 4. The summed E-state index contributed by atoms with van der Waals surface area (Å²) in [5.74, 6) is 0. The molecule has 4 nitrogen and oxygen atoms in total. The van der Waals surface area contributed by atoms with E-state index in [-0.39, 0.29) is 21.8 Å². The highest BCUT2D eigenvalue weighted by Crippen LogP contribution is 2.43. The summed E-state index contributed by atoms with van der Waals surface area (Å²) in [4.78, 5) is 3.83. The number of rotatable bonds is 6. The van der Waals surface area contributed by atoms with E-state index in [0.717, 1.165) is 12.3 Å². The van der Waals surface area contributed by atoms with Crippen molar-refractivity contribution in [3.05, 3.63) is 52.5 Å². The molecule has 0 aromatic heterocycles. The minimum absolute atomic E-state index is 0.0322. The molecular formula is C18H16ClF3N2O2S2. The van der Waals surface area contributed by atoms with E-state index in [1.807, 2.05) is 0 Å². The van der Waals surface area contributed by atoms with Gasteiger partial charge >= 0.3 is 6.18 Å². The highest BCUT2D eigenvalue weighted by molar-refractivity contribution is 7.88. The number of sulfonamides is 1. The second kappa shape index (κ2) is 8.69. The average Bonchev–Trinajstić information content (AvgIpc) is 2.57. The summed E-state index contributed by atoms with van der Waals surface area (Å²) >= 11 is 10.7. The summed E-state index contributed by atoms with van der Waals surface area (Å²) in [6, 6.07) is 7.72. The molecule has 0 unspecified atom stereocenters. The zero-order chi connectivity index (χ0) is 21.1. The third kappa shape index (κ3) is 5.84. The number of aliphatic imine (C=N–C) groups is 1. The molecule has 1 N–H and O–H groups in total. The summed E-state index contributed by atoms with van der Waals surface area (Å²) in [7, 11) is -3.42. The fraction of sp³-hybridized carbons (Fsp3) is 0.222. The molecular weight excluding hydrogens is 433 g/mol. The van der Waals surface area contributed by atoms with Gasteiger partial charge < -0.3 is 0 Å². The number of hydrogen-bond donors (Lipinski definition) is 1. The quantitative estimate of drug-likeness (QED) is 0.479. The molecule has 0 amide bonds. The van der Waals surface area contributed by atoms with Crippen LogP contribution in [0.5, 0.6) is 0 Å². The maximum absolute atomic E-state index is 13.6. The van der Waals surface area contributed by atoms with Crippen LogP contribution < -0.4 is 4.72 Å². The number of nitrogens with one attached hydrogen (secondary N) is 1. The van der Waals surface area contributed by atoms with E-state index >= 15 is 0 Å². The van der Waals surface area contributed by atoms with Gasteiger partial charge in [0.05, 0.1) is 22.5 Å². The van der Waals surface area contributed by atoms with Crippen LogP contribution in [0.3, 0.4) is 0 Å². The fourth-order valence-corrected chi connectivity index (χ4v) is 3.79. The number of hydrogen-bond acceptors (Lipinski definition) is 4. The minimum Gasteiger partial charge on any atom is -0.256 e. The SMILES string of the molecule is C[C@H](NS(C)(=O)=O)c1ccc(-c2c(Cl)cc(N=CC=S)cc2C(F)(F)F)cc1. The van der Waals surface area contributed by atoms with Gasteiger partial charge in [-0.3, -0.25) is 4.99 Å². The van der Waals surface area contributed by atoms with Gasteiger partial charge in [-0.15, -0.1) is 0 Å². The molecule has 2 aromatic rings. The molecule has 0 spiro atoms. The van der Waals surface area contributed by atoms with Gasteiger partial charge in [0.25, 0.3) is 0 Å². The van der Waals surface area contributed by atoms with E-state index in [0.29, 0.717) is 5.56 Å². The number of thiocarbonyl (C=S) groups is 1. The predicted octanol–water partition coefficient (Wildman–Crippen LogP) is 5.34. The molecule has 1 atom stereocenters. The molecule has 0 aliphatic carbocycles. The first kappa shape index (κ1) is 22.5. The van der Waals surface area contributed by atoms with Gasteiger partial charge in [0, 0.05) is 23.2 Å². The molecule has 10 heteroatoms. The predicted molar refractivity (Wildman–Crippen MR) is 110 cm³/mol. The van der Waals surface area contributed by atoms with Crippen LogP contribution in [0.4, 0.5) is 18.9 Å². The maximum atomic E-state index is 13.6. The highest BCUT2D eigenvalue weighted by atomic mass is 35.5.